The van der Waals surface area contributed by atoms with Crippen LogP contribution >= 0.6 is 15.9 Å². The predicted molar refractivity (Wildman–Crippen MR) is 119 cm³/mol. The first-order chi connectivity index (χ1) is 14.2. The number of amides is 2. The van der Waals surface area contributed by atoms with Gasteiger partial charge in [-0.2, -0.15) is 0 Å². The van der Waals surface area contributed by atoms with E-state index in [9.17, 15) is 19.7 Å². The van der Waals surface area contributed by atoms with Crippen LogP contribution in [0.2, 0.25) is 0 Å². The monoisotopic (exact) mass is 475 g/mol. The number of halogens is 1. The zero-order valence-corrected chi connectivity index (χ0v) is 18.9. The Hall–Kier alpha value is -2.74. The van der Waals surface area contributed by atoms with Crippen LogP contribution in [0.3, 0.4) is 0 Å². The average Bonchev–Trinajstić information content (AvgIpc) is 2.71. The van der Waals surface area contributed by atoms with Gasteiger partial charge in [-0.1, -0.05) is 53.2 Å². The molecule has 8 heteroatoms. The summed E-state index contributed by atoms with van der Waals surface area (Å²) in [5.41, 5.74) is 1.06. The highest BCUT2D eigenvalue weighted by Gasteiger charge is 2.28. The Morgan fingerprint density at radius 1 is 1.17 bits per heavy atom. The standard InChI is InChI=1S/C22H26BrN3O4/c1-4-15(2)24-22(28)16(3)25(14-17-8-7-10-19(23)12-17)21(27)13-18-9-5-6-11-20(18)26(29)30/h5-12,15-16H,4,13-14H2,1-3H3,(H,24,28)/t15-,16+/m0/s1. The second-order valence-corrected chi connectivity index (χ2v) is 8.12. The quantitative estimate of drug-likeness (QED) is 0.433. The molecule has 0 unspecified atom stereocenters. The van der Waals surface area contributed by atoms with E-state index >= 15 is 0 Å². The summed E-state index contributed by atoms with van der Waals surface area (Å²) in [5, 5.41) is 14.2. The van der Waals surface area contributed by atoms with E-state index in [-0.39, 0.29) is 36.5 Å². The summed E-state index contributed by atoms with van der Waals surface area (Å²) in [7, 11) is 0. The van der Waals surface area contributed by atoms with Crippen molar-refractivity contribution in [2.45, 2.75) is 52.2 Å². The highest BCUT2D eigenvalue weighted by Crippen LogP contribution is 2.21. The first kappa shape index (κ1) is 23.5. The largest absolute Gasteiger partial charge is 0.352 e. The molecule has 2 aromatic carbocycles. The van der Waals surface area contributed by atoms with E-state index in [4.69, 9.17) is 0 Å². The third-order valence-electron chi connectivity index (χ3n) is 4.94. The van der Waals surface area contributed by atoms with E-state index in [1.807, 2.05) is 38.1 Å². The van der Waals surface area contributed by atoms with Gasteiger partial charge in [-0.15, -0.1) is 0 Å². The molecule has 7 nitrogen and oxygen atoms in total. The summed E-state index contributed by atoms with van der Waals surface area (Å²) in [6.45, 7) is 5.76. The van der Waals surface area contributed by atoms with Crippen molar-refractivity contribution in [1.29, 1.82) is 0 Å². The van der Waals surface area contributed by atoms with Gasteiger partial charge in [0.05, 0.1) is 11.3 Å². The Morgan fingerprint density at radius 3 is 2.50 bits per heavy atom. The van der Waals surface area contributed by atoms with E-state index in [2.05, 4.69) is 21.2 Å². The van der Waals surface area contributed by atoms with Gasteiger partial charge in [0.15, 0.2) is 0 Å². The minimum atomic E-state index is -0.728. The first-order valence-electron chi connectivity index (χ1n) is 9.79. The Balaban J connectivity index is 2.31. The lowest BCUT2D eigenvalue weighted by molar-refractivity contribution is -0.385. The Bertz CT molecular complexity index is 919. The summed E-state index contributed by atoms with van der Waals surface area (Å²) in [6.07, 6.45) is 0.611. The number of hydrogen-bond donors (Lipinski definition) is 1. The van der Waals surface area contributed by atoms with Crippen molar-refractivity contribution < 1.29 is 14.5 Å². The van der Waals surface area contributed by atoms with Crippen molar-refractivity contribution in [2.24, 2.45) is 0 Å². The molecule has 0 aliphatic carbocycles. The van der Waals surface area contributed by atoms with Gasteiger partial charge in [0, 0.05) is 28.7 Å². The van der Waals surface area contributed by atoms with Crippen molar-refractivity contribution in [2.75, 3.05) is 0 Å². The number of rotatable bonds is 9. The molecule has 0 aromatic heterocycles. The Morgan fingerprint density at radius 2 is 1.87 bits per heavy atom. The van der Waals surface area contributed by atoms with Crippen LogP contribution in [0.25, 0.3) is 0 Å². The molecule has 0 spiro atoms. The molecule has 0 aliphatic rings. The molecule has 0 saturated heterocycles. The number of nitro groups is 1. The van der Waals surface area contributed by atoms with Crippen molar-refractivity contribution in [3.05, 3.63) is 74.2 Å². The fraction of sp³-hybridized carbons (Fsp3) is 0.364. The lowest BCUT2D eigenvalue weighted by atomic mass is 10.1. The molecule has 2 atom stereocenters. The summed E-state index contributed by atoms with van der Waals surface area (Å²) >= 11 is 3.42. The Labute approximate surface area is 184 Å². The number of carbonyl (C=O) groups excluding carboxylic acids is 2. The van der Waals surface area contributed by atoms with Crippen molar-refractivity contribution in [3.8, 4) is 0 Å². The molecule has 0 aliphatic heterocycles. The van der Waals surface area contributed by atoms with Crippen LogP contribution in [0.4, 0.5) is 5.69 Å². The molecule has 160 valence electrons. The lowest BCUT2D eigenvalue weighted by Crippen LogP contribution is -2.49. The number of nitrogens with zero attached hydrogens (tertiary/aromatic N) is 2. The van der Waals surface area contributed by atoms with E-state index in [0.717, 1.165) is 16.5 Å². The minimum Gasteiger partial charge on any atom is -0.352 e. The fourth-order valence-electron chi connectivity index (χ4n) is 2.98. The zero-order chi connectivity index (χ0) is 22.3. The van der Waals surface area contributed by atoms with Crippen molar-refractivity contribution in [1.82, 2.24) is 10.2 Å². The smallest absolute Gasteiger partial charge is 0.273 e. The van der Waals surface area contributed by atoms with Gasteiger partial charge in [0.25, 0.3) is 5.69 Å². The second kappa shape index (κ2) is 10.9. The third-order valence-corrected chi connectivity index (χ3v) is 5.43. The zero-order valence-electron chi connectivity index (χ0n) is 17.3. The number of nitrogens with one attached hydrogen (secondary N) is 1. The van der Waals surface area contributed by atoms with Crippen LogP contribution in [0.15, 0.2) is 53.0 Å². The van der Waals surface area contributed by atoms with Gasteiger partial charge in [-0.05, 0) is 38.0 Å². The number of para-hydroxylation sites is 1. The summed E-state index contributed by atoms with van der Waals surface area (Å²) in [6, 6.07) is 12.9. The van der Waals surface area contributed by atoms with Gasteiger partial charge < -0.3 is 10.2 Å². The molecule has 2 rings (SSSR count). The highest BCUT2D eigenvalue weighted by molar-refractivity contribution is 9.10. The number of carbonyl (C=O) groups is 2. The van der Waals surface area contributed by atoms with Gasteiger partial charge in [0.1, 0.15) is 6.04 Å². The minimum absolute atomic E-state index is 0.0158. The third kappa shape index (κ3) is 6.38. The van der Waals surface area contributed by atoms with E-state index < -0.39 is 11.0 Å². The lowest BCUT2D eigenvalue weighted by Gasteiger charge is -2.30. The molecule has 2 aromatic rings. The highest BCUT2D eigenvalue weighted by atomic mass is 79.9. The molecule has 30 heavy (non-hydrogen) atoms. The molecule has 2 amide bonds. The SMILES string of the molecule is CC[C@H](C)NC(=O)[C@@H](C)N(Cc1cccc(Br)c1)C(=O)Cc1ccccc1[N+](=O)[O-]. The van der Waals surface area contributed by atoms with E-state index in [0.29, 0.717) is 5.56 Å². The van der Waals surface area contributed by atoms with Crippen LogP contribution in [-0.2, 0) is 22.6 Å². The molecule has 0 bridgehead atoms. The topological polar surface area (TPSA) is 92.6 Å². The Kier molecular flexibility index (Phi) is 8.53. The van der Waals surface area contributed by atoms with Crippen LogP contribution in [0, 0.1) is 10.1 Å². The van der Waals surface area contributed by atoms with Crippen LogP contribution in [0.5, 0.6) is 0 Å². The molecule has 0 saturated carbocycles. The van der Waals surface area contributed by atoms with Gasteiger partial charge in [0.2, 0.25) is 11.8 Å². The molecular weight excluding hydrogens is 450 g/mol. The number of hydrogen-bond acceptors (Lipinski definition) is 4. The molecule has 0 heterocycles. The van der Waals surface area contributed by atoms with Crippen molar-refractivity contribution in [3.63, 3.8) is 0 Å². The molecule has 0 fully saturated rings. The fourth-order valence-corrected chi connectivity index (χ4v) is 3.43. The van der Waals surface area contributed by atoms with Crippen LogP contribution < -0.4 is 5.32 Å². The van der Waals surface area contributed by atoms with Crippen LogP contribution in [-0.4, -0.2) is 33.7 Å². The summed E-state index contributed by atoms with van der Waals surface area (Å²) < 4.78 is 0.864. The van der Waals surface area contributed by atoms with Gasteiger partial charge in [-0.25, -0.2) is 0 Å². The predicted octanol–water partition coefficient (Wildman–Crippen LogP) is 4.23. The normalized spacial score (nSPS) is 12.7. The molecular formula is C22H26BrN3O4. The maximum absolute atomic E-state index is 13.2. The van der Waals surface area contributed by atoms with Gasteiger partial charge in [-0.3, -0.25) is 19.7 Å². The van der Waals surface area contributed by atoms with E-state index in [1.54, 1.807) is 25.1 Å². The summed E-state index contributed by atoms with van der Waals surface area (Å²) in [4.78, 5) is 38.2. The number of nitro benzene ring substituents is 1. The maximum Gasteiger partial charge on any atom is 0.273 e. The summed E-state index contributed by atoms with van der Waals surface area (Å²) in [5.74, 6) is -0.605. The maximum atomic E-state index is 13.2. The van der Waals surface area contributed by atoms with Crippen molar-refractivity contribution >= 4 is 33.4 Å². The van der Waals surface area contributed by atoms with E-state index in [1.165, 1.54) is 11.0 Å². The molecule has 0 radical (unpaired) electrons. The van der Waals surface area contributed by atoms with Crippen LogP contribution in [0.1, 0.15) is 38.3 Å². The number of benzene rings is 2. The molecule has 1 N–H and O–H groups in total. The van der Waals surface area contributed by atoms with Gasteiger partial charge >= 0.3 is 0 Å². The second-order valence-electron chi connectivity index (χ2n) is 7.21. The average molecular weight is 476 g/mol. The first-order valence-corrected chi connectivity index (χ1v) is 10.6.